The zero-order chi connectivity index (χ0) is 15.0. The number of hydrogen-bond donors (Lipinski definition) is 1. The standard InChI is InChI=1S/C16H20N2O3/c1-11-6-8-17(15(11)19)10-14-13-5-3-2-4-12(13)7-9-18(14)16(20)21/h2-5,11,14H,6-10H2,1H3,(H,20,21)/t11-,14?/m0/s1. The van der Waals surface area contributed by atoms with Crippen LogP contribution in [-0.4, -0.2) is 46.5 Å². The summed E-state index contributed by atoms with van der Waals surface area (Å²) in [5, 5.41) is 9.45. The molecule has 2 aliphatic heterocycles. The molecular weight excluding hydrogens is 268 g/mol. The van der Waals surface area contributed by atoms with Crippen molar-refractivity contribution in [2.45, 2.75) is 25.8 Å². The molecule has 2 heterocycles. The van der Waals surface area contributed by atoms with Crippen molar-refractivity contribution in [2.24, 2.45) is 5.92 Å². The molecule has 1 aromatic rings. The summed E-state index contributed by atoms with van der Waals surface area (Å²) in [6, 6.07) is 7.71. The maximum atomic E-state index is 12.1. The van der Waals surface area contributed by atoms with Crippen LogP contribution in [0.1, 0.15) is 30.5 Å². The lowest BCUT2D eigenvalue weighted by Crippen LogP contribution is -2.45. The molecule has 0 radical (unpaired) electrons. The summed E-state index contributed by atoms with van der Waals surface area (Å²) in [4.78, 5) is 26.9. The average Bonchev–Trinajstić information content (AvgIpc) is 2.79. The Morgan fingerprint density at radius 3 is 2.76 bits per heavy atom. The molecule has 1 fully saturated rings. The van der Waals surface area contributed by atoms with Gasteiger partial charge in [-0.2, -0.15) is 0 Å². The zero-order valence-electron chi connectivity index (χ0n) is 12.2. The minimum Gasteiger partial charge on any atom is -0.465 e. The molecule has 0 aliphatic carbocycles. The molecule has 1 aromatic carbocycles. The summed E-state index contributed by atoms with van der Waals surface area (Å²) < 4.78 is 0. The topological polar surface area (TPSA) is 60.9 Å². The van der Waals surface area contributed by atoms with Gasteiger partial charge < -0.3 is 10.0 Å². The number of likely N-dealkylation sites (tertiary alicyclic amines) is 1. The van der Waals surface area contributed by atoms with Crippen LogP contribution in [0.25, 0.3) is 0 Å². The Morgan fingerprint density at radius 1 is 1.33 bits per heavy atom. The van der Waals surface area contributed by atoms with Gasteiger partial charge in [0.25, 0.3) is 0 Å². The number of carbonyl (C=O) groups is 2. The first-order valence-corrected chi connectivity index (χ1v) is 7.44. The van der Waals surface area contributed by atoms with Crippen LogP contribution in [0.5, 0.6) is 0 Å². The second-order valence-corrected chi connectivity index (χ2v) is 5.91. The molecule has 5 heteroatoms. The van der Waals surface area contributed by atoms with Gasteiger partial charge in [-0.05, 0) is 24.0 Å². The third kappa shape index (κ3) is 2.48. The van der Waals surface area contributed by atoms with Gasteiger partial charge in [0.1, 0.15) is 0 Å². The van der Waals surface area contributed by atoms with Gasteiger partial charge in [-0.3, -0.25) is 9.69 Å². The highest BCUT2D eigenvalue weighted by atomic mass is 16.4. The van der Waals surface area contributed by atoms with E-state index in [0.717, 1.165) is 24.9 Å². The Labute approximate surface area is 124 Å². The van der Waals surface area contributed by atoms with Crippen LogP contribution >= 0.6 is 0 Å². The van der Waals surface area contributed by atoms with Crippen LogP contribution in [-0.2, 0) is 11.2 Å². The number of fused-ring (bicyclic) bond motifs is 1. The smallest absolute Gasteiger partial charge is 0.407 e. The van der Waals surface area contributed by atoms with Crippen LogP contribution in [0, 0.1) is 5.92 Å². The Hall–Kier alpha value is -2.04. The van der Waals surface area contributed by atoms with Crippen LogP contribution < -0.4 is 0 Å². The normalized spacial score (nSPS) is 25.1. The van der Waals surface area contributed by atoms with Gasteiger partial charge in [-0.15, -0.1) is 0 Å². The molecular formula is C16H20N2O3. The van der Waals surface area contributed by atoms with E-state index in [-0.39, 0.29) is 17.9 Å². The lowest BCUT2D eigenvalue weighted by Gasteiger charge is -2.37. The third-order valence-electron chi connectivity index (χ3n) is 4.62. The van der Waals surface area contributed by atoms with Crippen molar-refractivity contribution in [3.05, 3.63) is 35.4 Å². The van der Waals surface area contributed by atoms with E-state index in [9.17, 15) is 14.7 Å². The maximum absolute atomic E-state index is 12.1. The van der Waals surface area contributed by atoms with Crippen molar-refractivity contribution in [3.63, 3.8) is 0 Å². The second-order valence-electron chi connectivity index (χ2n) is 5.91. The zero-order valence-corrected chi connectivity index (χ0v) is 12.2. The number of carbonyl (C=O) groups excluding carboxylic acids is 1. The number of amides is 2. The molecule has 0 spiro atoms. The third-order valence-corrected chi connectivity index (χ3v) is 4.62. The summed E-state index contributed by atoms with van der Waals surface area (Å²) in [7, 11) is 0. The molecule has 2 atom stereocenters. The van der Waals surface area contributed by atoms with Gasteiger partial charge in [0.05, 0.1) is 6.04 Å². The van der Waals surface area contributed by atoms with Crippen molar-refractivity contribution in [2.75, 3.05) is 19.6 Å². The Kier molecular flexibility index (Phi) is 3.57. The van der Waals surface area contributed by atoms with Crippen molar-refractivity contribution >= 4 is 12.0 Å². The fraction of sp³-hybridized carbons (Fsp3) is 0.500. The van der Waals surface area contributed by atoms with Crippen LogP contribution in [0.4, 0.5) is 4.79 Å². The predicted octanol–water partition coefficient (Wildman–Crippen LogP) is 2.13. The number of hydrogen-bond acceptors (Lipinski definition) is 2. The van der Waals surface area contributed by atoms with Crippen LogP contribution in [0.2, 0.25) is 0 Å². The van der Waals surface area contributed by atoms with Gasteiger partial charge >= 0.3 is 6.09 Å². The minimum absolute atomic E-state index is 0.0575. The highest BCUT2D eigenvalue weighted by Gasteiger charge is 2.36. The predicted molar refractivity (Wildman–Crippen MR) is 78.0 cm³/mol. The molecule has 0 saturated carbocycles. The van der Waals surface area contributed by atoms with E-state index in [0.29, 0.717) is 13.1 Å². The van der Waals surface area contributed by atoms with Gasteiger partial charge in [-0.25, -0.2) is 4.79 Å². The number of benzene rings is 1. The summed E-state index contributed by atoms with van der Waals surface area (Å²) in [5.41, 5.74) is 2.23. The van der Waals surface area contributed by atoms with E-state index in [1.54, 1.807) is 0 Å². The molecule has 3 rings (SSSR count). The van der Waals surface area contributed by atoms with Crippen LogP contribution in [0.3, 0.4) is 0 Å². The molecule has 0 aromatic heterocycles. The second kappa shape index (κ2) is 5.39. The summed E-state index contributed by atoms with van der Waals surface area (Å²) in [5.74, 6) is 0.200. The monoisotopic (exact) mass is 288 g/mol. The minimum atomic E-state index is -0.908. The molecule has 2 amide bonds. The fourth-order valence-electron chi connectivity index (χ4n) is 3.36. The molecule has 21 heavy (non-hydrogen) atoms. The molecule has 0 bridgehead atoms. The molecule has 1 unspecified atom stereocenters. The largest absolute Gasteiger partial charge is 0.465 e. The van der Waals surface area contributed by atoms with E-state index in [2.05, 4.69) is 6.07 Å². The van der Waals surface area contributed by atoms with Gasteiger partial charge in [0, 0.05) is 25.6 Å². The van der Waals surface area contributed by atoms with Crippen molar-refractivity contribution in [1.29, 1.82) is 0 Å². The van der Waals surface area contributed by atoms with Crippen molar-refractivity contribution in [3.8, 4) is 0 Å². The molecule has 1 saturated heterocycles. The maximum Gasteiger partial charge on any atom is 0.407 e. The first-order valence-electron chi connectivity index (χ1n) is 7.44. The SMILES string of the molecule is C[C@H]1CCN(CC2c3ccccc3CCN2C(=O)O)C1=O. The first-order chi connectivity index (χ1) is 10.1. The summed E-state index contributed by atoms with van der Waals surface area (Å²) >= 11 is 0. The highest BCUT2D eigenvalue weighted by Crippen LogP contribution is 2.32. The Morgan fingerprint density at radius 2 is 2.10 bits per heavy atom. The van der Waals surface area contributed by atoms with Crippen molar-refractivity contribution in [1.82, 2.24) is 9.80 Å². The highest BCUT2D eigenvalue weighted by molar-refractivity contribution is 5.80. The quantitative estimate of drug-likeness (QED) is 0.907. The van der Waals surface area contributed by atoms with Gasteiger partial charge in [-0.1, -0.05) is 31.2 Å². The summed E-state index contributed by atoms with van der Waals surface area (Å²) in [6.07, 6.45) is 0.693. The van der Waals surface area contributed by atoms with Gasteiger partial charge in [0.2, 0.25) is 5.91 Å². The van der Waals surface area contributed by atoms with E-state index >= 15 is 0 Å². The summed E-state index contributed by atoms with van der Waals surface area (Å²) in [6.45, 7) is 3.62. The fourth-order valence-corrected chi connectivity index (χ4v) is 3.36. The van der Waals surface area contributed by atoms with Crippen LogP contribution in [0.15, 0.2) is 24.3 Å². The number of carboxylic acid groups (broad SMARTS) is 1. The van der Waals surface area contributed by atoms with Crippen molar-refractivity contribution < 1.29 is 14.7 Å². The lowest BCUT2D eigenvalue weighted by molar-refractivity contribution is -0.131. The first kappa shape index (κ1) is 13.9. The lowest BCUT2D eigenvalue weighted by atomic mass is 9.92. The average molecular weight is 288 g/mol. The molecule has 112 valence electrons. The molecule has 1 N–H and O–H groups in total. The van der Waals surface area contributed by atoms with E-state index < -0.39 is 6.09 Å². The number of nitrogens with zero attached hydrogens (tertiary/aromatic N) is 2. The van der Waals surface area contributed by atoms with E-state index in [1.165, 1.54) is 10.5 Å². The Balaban J connectivity index is 1.89. The molecule has 2 aliphatic rings. The van der Waals surface area contributed by atoms with E-state index in [1.807, 2.05) is 30.0 Å². The number of rotatable bonds is 2. The van der Waals surface area contributed by atoms with E-state index in [4.69, 9.17) is 0 Å². The molecule has 5 nitrogen and oxygen atoms in total. The Bertz CT molecular complexity index is 572. The van der Waals surface area contributed by atoms with Gasteiger partial charge in [0.15, 0.2) is 0 Å².